The third-order valence-corrected chi connectivity index (χ3v) is 8.65. The first-order valence-corrected chi connectivity index (χ1v) is 15.0. The number of benzene rings is 3. The van der Waals surface area contributed by atoms with E-state index in [-0.39, 0.29) is 24.8 Å². The highest BCUT2D eigenvalue weighted by Crippen LogP contribution is 2.46. The van der Waals surface area contributed by atoms with Crippen LogP contribution in [0.5, 0.6) is 0 Å². The summed E-state index contributed by atoms with van der Waals surface area (Å²) in [6, 6.07) is 23.0. The molecule has 1 aliphatic rings. The zero-order valence-electron chi connectivity index (χ0n) is 24.2. The number of carboxylic acid groups (broad SMARTS) is 1. The third-order valence-electron chi connectivity index (χ3n) is 8.34. The maximum atomic E-state index is 13.6. The van der Waals surface area contributed by atoms with Crippen molar-refractivity contribution in [1.82, 2.24) is 20.5 Å². The standard InChI is InChI=1S/C34H37ClN4O4/c1-36-20-23-12-14-24(15-13-23)32(40)39-18-5-8-27(22-39)34(43,16-6-17-37-33(41)42)28-9-4-10-29(35)31(28)26-19-25-7-2-3-11-30(25)38-21-26/h2-4,7,9-15,19,21,27,36-37,43H,5-6,8,16-18,20,22H2,1H3,(H,41,42). The van der Waals surface area contributed by atoms with Crippen molar-refractivity contribution in [2.24, 2.45) is 5.92 Å². The van der Waals surface area contributed by atoms with Crippen LogP contribution in [-0.4, -0.2) is 58.8 Å². The van der Waals surface area contributed by atoms with Gasteiger partial charge >= 0.3 is 6.09 Å². The van der Waals surface area contributed by atoms with Gasteiger partial charge in [0.1, 0.15) is 0 Å². The summed E-state index contributed by atoms with van der Waals surface area (Å²) < 4.78 is 0. The highest BCUT2D eigenvalue weighted by molar-refractivity contribution is 6.33. The highest BCUT2D eigenvalue weighted by atomic mass is 35.5. The van der Waals surface area contributed by atoms with Crippen LogP contribution in [0.1, 0.15) is 47.2 Å². The fraction of sp³-hybridized carbons (Fsp3) is 0.324. The first-order valence-electron chi connectivity index (χ1n) is 14.7. The van der Waals surface area contributed by atoms with Crippen LogP contribution in [0, 0.1) is 5.92 Å². The number of nitrogens with one attached hydrogen (secondary N) is 2. The zero-order valence-corrected chi connectivity index (χ0v) is 25.0. The second kappa shape index (κ2) is 13.5. The van der Waals surface area contributed by atoms with Gasteiger partial charge in [0.05, 0.1) is 11.1 Å². The van der Waals surface area contributed by atoms with Crippen LogP contribution < -0.4 is 10.6 Å². The summed E-state index contributed by atoms with van der Waals surface area (Å²) in [5, 5.41) is 28.8. The molecule has 1 fully saturated rings. The Morgan fingerprint density at radius 2 is 1.88 bits per heavy atom. The van der Waals surface area contributed by atoms with Gasteiger partial charge in [-0.15, -0.1) is 0 Å². The number of rotatable bonds is 10. The number of carbonyl (C=O) groups excluding carboxylic acids is 1. The predicted molar refractivity (Wildman–Crippen MR) is 169 cm³/mol. The monoisotopic (exact) mass is 600 g/mol. The van der Waals surface area contributed by atoms with Crippen molar-refractivity contribution < 1.29 is 19.8 Å². The summed E-state index contributed by atoms with van der Waals surface area (Å²) >= 11 is 6.86. The molecule has 4 N–H and O–H groups in total. The first-order chi connectivity index (χ1) is 20.8. The molecule has 0 aliphatic carbocycles. The third kappa shape index (κ3) is 6.82. The molecule has 1 aliphatic heterocycles. The van der Waals surface area contributed by atoms with Crippen molar-refractivity contribution in [1.29, 1.82) is 0 Å². The van der Waals surface area contributed by atoms with E-state index >= 15 is 0 Å². The Labute approximate surface area is 256 Å². The first kappa shape index (κ1) is 30.5. The molecule has 2 atom stereocenters. The van der Waals surface area contributed by atoms with E-state index in [9.17, 15) is 14.7 Å². The maximum absolute atomic E-state index is 13.6. The summed E-state index contributed by atoms with van der Waals surface area (Å²) in [6.07, 6.45) is 2.79. The Bertz CT molecular complexity index is 1600. The van der Waals surface area contributed by atoms with Crippen molar-refractivity contribution in [3.63, 3.8) is 0 Å². The summed E-state index contributed by atoms with van der Waals surface area (Å²) in [5.74, 6) is -0.370. The van der Waals surface area contributed by atoms with Gasteiger partial charge in [-0.05, 0) is 74.2 Å². The molecule has 2 unspecified atom stereocenters. The van der Waals surface area contributed by atoms with E-state index in [4.69, 9.17) is 16.7 Å². The zero-order chi connectivity index (χ0) is 30.4. The summed E-state index contributed by atoms with van der Waals surface area (Å²) in [6.45, 7) is 1.88. The number of hydrogen-bond acceptors (Lipinski definition) is 5. The van der Waals surface area contributed by atoms with Crippen LogP contribution in [0.15, 0.2) is 79.0 Å². The summed E-state index contributed by atoms with van der Waals surface area (Å²) in [7, 11) is 1.88. The predicted octanol–water partition coefficient (Wildman–Crippen LogP) is 6.06. The van der Waals surface area contributed by atoms with Gasteiger partial charge in [0, 0.05) is 65.4 Å². The molecular formula is C34H37ClN4O4. The topological polar surface area (TPSA) is 115 Å². The molecule has 8 nitrogen and oxygen atoms in total. The number of nitrogens with zero attached hydrogens (tertiary/aromatic N) is 2. The number of fused-ring (bicyclic) bond motifs is 1. The molecule has 0 bridgehead atoms. The second-order valence-corrected chi connectivity index (χ2v) is 11.6. The van der Waals surface area contributed by atoms with Gasteiger partial charge in [0.2, 0.25) is 0 Å². The summed E-state index contributed by atoms with van der Waals surface area (Å²) in [5.41, 5.74) is 3.31. The molecule has 0 saturated carbocycles. The SMILES string of the molecule is CNCc1ccc(C(=O)N2CCCC(C(O)(CCCNC(=O)O)c3cccc(Cl)c3-c3cnc4ccccc4c3)C2)cc1. The van der Waals surface area contributed by atoms with E-state index < -0.39 is 11.7 Å². The number of piperidine rings is 1. The van der Waals surface area contributed by atoms with Crippen LogP contribution in [-0.2, 0) is 12.1 Å². The molecule has 224 valence electrons. The van der Waals surface area contributed by atoms with Gasteiger partial charge in [-0.2, -0.15) is 0 Å². The van der Waals surface area contributed by atoms with Gasteiger partial charge in [-0.1, -0.05) is 54.1 Å². The van der Waals surface area contributed by atoms with Crippen molar-refractivity contribution >= 4 is 34.5 Å². The molecule has 5 rings (SSSR count). The number of carbonyl (C=O) groups is 2. The Morgan fingerprint density at radius 1 is 1.09 bits per heavy atom. The minimum absolute atomic E-state index is 0.0688. The van der Waals surface area contributed by atoms with Gasteiger partial charge in [-0.25, -0.2) is 4.79 Å². The van der Waals surface area contributed by atoms with E-state index in [1.165, 1.54) is 0 Å². The number of para-hydroxylation sites is 1. The molecule has 43 heavy (non-hydrogen) atoms. The normalized spacial score (nSPS) is 16.5. The molecule has 3 aromatic carbocycles. The van der Waals surface area contributed by atoms with Gasteiger partial charge in [0.15, 0.2) is 0 Å². The lowest BCUT2D eigenvalue weighted by molar-refractivity contribution is -0.0563. The number of pyridine rings is 1. The average Bonchev–Trinajstić information content (AvgIpc) is 3.03. The molecular weight excluding hydrogens is 564 g/mol. The van der Waals surface area contributed by atoms with Crippen molar-refractivity contribution in [2.75, 3.05) is 26.7 Å². The lowest BCUT2D eigenvalue weighted by Gasteiger charge is -2.44. The molecule has 1 saturated heterocycles. The fourth-order valence-electron chi connectivity index (χ4n) is 6.20. The molecule has 0 spiro atoms. The highest BCUT2D eigenvalue weighted by Gasteiger charge is 2.43. The number of aliphatic hydroxyl groups is 1. The van der Waals surface area contributed by atoms with E-state index in [2.05, 4.69) is 15.6 Å². The van der Waals surface area contributed by atoms with Crippen molar-refractivity contribution in [2.45, 2.75) is 37.8 Å². The fourth-order valence-corrected chi connectivity index (χ4v) is 6.48. The Hall–Kier alpha value is -3.98. The number of hydrogen-bond donors (Lipinski definition) is 4. The van der Waals surface area contributed by atoms with E-state index in [0.717, 1.165) is 35.0 Å². The van der Waals surface area contributed by atoms with Crippen LogP contribution in [0.2, 0.25) is 5.02 Å². The lowest BCUT2D eigenvalue weighted by Crippen LogP contribution is -2.48. The van der Waals surface area contributed by atoms with Crippen LogP contribution >= 0.6 is 11.6 Å². The molecule has 4 aromatic rings. The largest absolute Gasteiger partial charge is 0.465 e. The van der Waals surface area contributed by atoms with Gasteiger partial charge in [-0.3, -0.25) is 9.78 Å². The van der Waals surface area contributed by atoms with E-state index in [1.54, 1.807) is 12.3 Å². The van der Waals surface area contributed by atoms with Crippen LogP contribution in [0.4, 0.5) is 4.79 Å². The number of aromatic nitrogens is 1. The van der Waals surface area contributed by atoms with Crippen LogP contribution in [0.25, 0.3) is 22.0 Å². The number of likely N-dealkylation sites (tertiary alicyclic amines) is 1. The van der Waals surface area contributed by atoms with Crippen molar-refractivity contribution in [3.05, 3.63) is 101 Å². The minimum Gasteiger partial charge on any atom is -0.465 e. The number of halogens is 1. The lowest BCUT2D eigenvalue weighted by atomic mass is 9.72. The average molecular weight is 601 g/mol. The molecule has 2 heterocycles. The molecule has 1 aromatic heterocycles. The van der Waals surface area contributed by atoms with Gasteiger partial charge < -0.3 is 25.7 Å². The Kier molecular flexibility index (Phi) is 9.60. The Balaban J connectivity index is 1.51. The maximum Gasteiger partial charge on any atom is 0.404 e. The van der Waals surface area contributed by atoms with Crippen molar-refractivity contribution in [3.8, 4) is 11.1 Å². The second-order valence-electron chi connectivity index (χ2n) is 11.2. The molecule has 9 heteroatoms. The molecule has 0 radical (unpaired) electrons. The number of amides is 2. The minimum atomic E-state index is -1.39. The van der Waals surface area contributed by atoms with Gasteiger partial charge in [0.25, 0.3) is 5.91 Å². The quantitative estimate of drug-likeness (QED) is 0.164. The smallest absolute Gasteiger partial charge is 0.404 e. The summed E-state index contributed by atoms with van der Waals surface area (Å²) in [4.78, 5) is 31.2. The van der Waals surface area contributed by atoms with Crippen LogP contribution in [0.3, 0.4) is 0 Å². The van der Waals surface area contributed by atoms with E-state index in [0.29, 0.717) is 47.6 Å². The Morgan fingerprint density at radius 3 is 2.65 bits per heavy atom. The molecule has 2 amide bonds. The van der Waals surface area contributed by atoms with E-state index in [1.807, 2.05) is 78.7 Å².